The number of Topliss-reactive ketones (excluding diaryl/α,β-unsaturated/α-hetero) is 1. The summed E-state index contributed by atoms with van der Waals surface area (Å²) in [6.07, 6.45) is 3.84. The van der Waals surface area contributed by atoms with E-state index in [0.717, 1.165) is 30.5 Å². The van der Waals surface area contributed by atoms with E-state index in [1.165, 1.54) is 18.3 Å². The zero-order valence-electron chi connectivity index (χ0n) is 23.6. The van der Waals surface area contributed by atoms with Crippen molar-refractivity contribution in [3.63, 3.8) is 0 Å². The number of piperazine rings is 1. The van der Waals surface area contributed by atoms with Gasteiger partial charge in [0.1, 0.15) is 23.3 Å². The van der Waals surface area contributed by atoms with E-state index in [9.17, 15) is 26.4 Å². The first-order valence-electron chi connectivity index (χ1n) is 14.3. The van der Waals surface area contributed by atoms with Crippen molar-refractivity contribution in [2.75, 3.05) is 13.1 Å². The molecule has 0 radical (unpaired) electrons. The minimum Gasteiger partial charge on any atom is -0.321 e. The molecule has 3 N–H and O–H groups in total. The van der Waals surface area contributed by atoms with E-state index in [2.05, 4.69) is 10.3 Å². The molecule has 4 atom stereocenters. The molecule has 1 saturated carbocycles. The maximum Gasteiger partial charge on any atom is 0.217 e. The number of carbonyl (C=O) groups excluding carboxylic acids is 1. The minimum atomic E-state index is -3.47. The monoisotopic (exact) mass is 618 g/mol. The van der Waals surface area contributed by atoms with Gasteiger partial charge < -0.3 is 11.1 Å². The second-order valence-corrected chi connectivity index (χ2v) is 13.6. The van der Waals surface area contributed by atoms with Gasteiger partial charge in [-0.15, -0.1) is 0 Å². The fourth-order valence-electron chi connectivity index (χ4n) is 5.99. The lowest BCUT2D eigenvalue weighted by Gasteiger charge is -2.40. The van der Waals surface area contributed by atoms with Gasteiger partial charge in [0.05, 0.1) is 17.5 Å². The Kier molecular flexibility index (Phi) is 9.31. The predicted octanol–water partition coefficient (Wildman–Crippen LogP) is 4.00. The standard InChI is InChI=1S/C31H34F4N4O3S/c1-18-14-37-16-25(39(18)43(41,42)26-7-8-26)6-9-27-21(15-38-17-28(27)35)12-29(40)31(36)30(19-2-4-22(32)5-3-19)20-10-23(33)13-24(34)11-20/h2-5,10-11,13,15,17-18,25-26,30-31,37H,6-9,12,14,16,36H2,1H3/t18-,25+,30+,31-/m1/s1. The summed E-state index contributed by atoms with van der Waals surface area (Å²) in [5.41, 5.74) is 7.41. The van der Waals surface area contributed by atoms with Crippen molar-refractivity contribution in [1.29, 1.82) is 0 Å². The smallest absolute Gasteiger partial charge is 0.217 e. The Morgan fingerprint density at radius 2 is 1.67 bits per heavy atom. The number of rotatable bonds is 11. The normalized spacial score (nSPS) is 21.0. The molecule has 1 saturated heterocycles. The van der Waals surface area contributed by atoms with Gasteiger partial charge in [-0.3, -0.25) is 9.78 Å². The number of sulfonamides is 1. The molecule has 2 fully saturated rings. The highest BCUT2D eigenvalue weighted by Crippen LogP contribution is 2.35. The molecule has 2 aliphatic rings. The highest BCUT2D eigenvalue weighted by molar-refractivity contribution is 7.90. The summed E-state index contributed by atoms with van der Waals surface area (Å²) in [7, 11) is -3.47. The second-order valence-electron chi connectivity index (χ2n) is 11.4. The number of nitrogens with one attached hydrogen (secondary N) is 1. The number of benzene rings is 2. The van der Waals surface area contributed by atoms with Crippen LogP contribution in [0.15, 0.2) is 54.9 Å². The van der Waals surface area contributed by atoms with Gasteiger partial charge in [-0.1, -0.05) is 12.1 Å². The number of nitrogens with zero attached hydrogens (tertiary/aromatic N) is 2. The molecule has 1 aliphatic heterocycles. The predicted molar refractivity (Wildman–Crippen MR) is 154 cm³/mol. The van der Waals surface area contributed by atoms with E-state index < -0.39 is 57.1 Å². The lowest BCUT2D eigenvalue weighted by atomic mass is 9.82. The number of ketones is 1. The number of carbonyl (C=O) groups is 1. The molecule has 0 unspecified atom stereocenters. The van der Waals surface area contributed by atoms with Crippen molar-refractivity contribution < 1.29 is 30.8 Å². The summed E-state index contributed by atoms with van der Waals surface area (Å²) in [5, 5.41) is 2.88. The minimum absolute atomic E-state index is 0.0958. The van der Waals surface area contributed by atoms with Crippen molar-refractivity contribution in [3.05, 3.63) is 100 Å². The number of aromatic nitrogens is 1. The van der Waals surface area contributed by atoms with Gasteiger partial charge in [0, 0.05) is 49.8 Å². The molecule has 1 aliphatic carbocycles. The van der Waals surface area contributed by atoms with Crippen LogP contribution in [0.3, 0.4) is 0 Å². The molecule has 3 aromatic rings. The van der Waals surface area contributed by atoms with Crippen molar-refractivity contribution in [2.45, 2.75) is 68.3 Å². The molecular formula is C31H34F4N4O3S. The summed E-state index contributed by atoms with van der Waals surface area (Å²) in [5.74, 6) is -4.44. The van der Waals surface area contributed by atoms with Gasteiger partial charge in [0.15, 0.2) is 5.78 Å². The van der Waals surface area contributed by atoms with Crippen LogP contribution in [-0.4, -0.2) is 60.0 Å². The van der Waals surface area contributed by atoms with Gasteiger partial charge in [-0.25, -0.2) is 26.0 Å². The molecular weight excluding hydrogens is 584 g/mol. The van der Waals surface area contributed by atoms with Gasteiger partial charge in [0.2, 0.25) is 10.0 Å². The average Bonchev–Trinajstić information content (AvgIpc) is 3.80. The summed E-state index contributed by atoms with van der Waals surface area (Å²) in [4.78, 5) is 17.5. The van der Waals surface area contributed by atoms with Crippen LogP contribution in [0.5, 0.6) is 0 Å². The third kappa shape index (κ3) is 6.98. The molecule has 0 amide bonds. The Hall–Kier alpha value is -3.19. The molecule has 43 heavy (non-hydrogen) atoms. The van der Waals surface area contributed by atoms with Gasteiger partial charge in [0.25, 0.3) is 0 Å². The van der Waals surface area contributed by atoms with E-state index >= 15 is 4.39 Å². The van der Waals surface area contributed by atoms with Crippen LogP contribution in [0.4, 0.5) is 17.6 Å². The van der Waals surface area contributed by atoms with E-state index in [1.807, 2.05) is 6.92 Å². The zero-order valence-corrected chi connectivity index (χ0v) is 24.5. The van der Waals surface area contributed by atoms with Crippen LogP contribution in [-0.2, 0) is 27.7 Å². The fourth-order valence-corrected chi connectivity index (χ4v) is 8.24. The Morgan fingerprint density at radius 1 is 1.00 bits per heavy atom. The lowest BCUT2D eigenvalue weighted by Crippen LogP contribution is -2.59. The van der Waals surface area contributed by atoms with E-state index in [1.54, 1.807) is 4.31 Å². The zero-order chi connectivity index (χ0) is 30.9. The lowest BCUT2D eigenvalue weighted by molar-refractivity contribution is -0.119. The molecule has 7 nitrogen and oxygen atoms in total. The number of hydrogen-bond acceptors (Lipinski definition) is 6. The van der Waals surface area contributed by atoms with Crippen molar-refractivity contribution >= 4 is 15.8 Å². The molecule has 12 heteroatoms. The molecule has 5 rings (SSSR count). The summed E-state index contributed by atoms with van der Waals surface area (Å²) >= 11 is 0. The Bertz CT molecular complexity index is 1560. The summed E-state index contributed by atoms with van der Waals surface area (Å²) in [6, 6.07) is 6.00. The summed E-state index contributed by atoms with van der Waals surface area (Å²) in [6.45, 7) is 2.79. The van der Waals surface area contributed by atoms with Crippen molar-refractivity contribution in [3.8, 4) is 0 Å². The molecule has 0 spiro atoms. The highest BCUT2D eigenvalue weighted by atomic mass is 32.2. The maximum atomic E-state index is 15.1. The van der Waals surface area contributed by atoms with E-state index in [0.29, 0.717) is 44.0 Å². The first-order chi connectivity index (χ1) is 20.5. The number of nitrogens with two attached hydrogens (primary N) is 1. The quantitative estimate of drug-likeness (QED) is 0.315. The highest BCUT2D eigenvalue weighted by Gasteiger charge is 2.45. The maximum absolute atomic E-state index is 15.1. The Morgan fingerprint density at radius 3 is 2.33 bits per heavy atom. The van der Waals surface area contributed by atoms with Gasteiger partial charge in [-0.05, 0) is 79.1 Å². The van der Waals surface area contributed by atoms with Crippen molar-refractivity contribution in [1.82, 2.24) is 14.6 Å². The van der Waals surface area contributed by atoms with Crippen LogP contribution >= 0.6 is 0 Å². The first kappa shape index (κ1) is 31.2. The van der Waals surface area contributed by atoms with Crippen LogP contribution in [0, 0.1) is 23.3 Å². The third-order valence-electron chi connectivity index (χ3n) is 8.24. The van der Waals surface area contributed by atoms with E-state index in [4.69, 9.17) is 5.73 Å². The van der Waals surface area contributed by atoms with E-state index in [-0.39, 0.29) is 40.8 Å². The largest absolute Gasteiger partial charge is 0.321 e. The average molecular weight is 619 g/mol. The van der Waals surface area contributed by atoms with Gasteiger partial charge >= 0.3 is 0 Å². The van der Waals surface area contributed by atoms with Crippen LogP contribution in [0.25, 0.3) is 0 Å². The molecule has 0 bridgehead atoms. The molecule has 1 aromatic heterocycles. The molecule has 2 aromatic carbocycles. The Balaban J connectivity index is 1.38. The van der Waals surface area contributed by atoms with Crippen LogP contribution in [0.1, 0.15) is 54.4 Å². The SMILES string of the molecule is C[C@@H]1CNC[C@H](CCc2c(F)cncc2CC(=O)[C@@H](N)[C@@H](c2ccc(F)cc2)c2cc(F)cc(F)c2)N1S(=O)(=O)C1CC1. The Labute approximate surface area is 248 Å². The summed E-state index contributed by atoms with van der Waals surface area (Å²) < 4.78 is 85.1. The number of halogens is 4. The first-order valence-corrected chi connectivity index (χ1v) is 15.8. The topological polar surface area (TPSA) is 105 Å². The van der Waals surface area contributed by atoms with Gasteiger partial charge in [-0.2, -0.15) is 4.31 Å². The molecule has 2 heterocycles. The second kappa shape index (κ2) is 12.8. The molecule has 230 valence electrons. The number of pyridine rings is 1. The third-order valence-corrected chi connectivity index (χ3v) is 10.8. The van der Waals surface area contributed by atoms with Crippen molar-refractivity contribution in [2.24, 2.45) is 5.73 Å². The number of hydrogen-bond donors (Lipinski definition) is 2. The van der Waals surface area contributed by atoms with Crippen LogP contribution < -0.4 is 11.1 Å². The fraction of sp³-hybridized carbons (Fsp3) is 0.419. The van der Waals surface area contributed by atoms with Crippen LogP contribution in [0.2, 0.25) is 0 Å².